The zero-order valence-corrected chi connectivity index (χ0v) is 14.7. The fourth-order valence-corrected chi connectivity index (χ4v) is 2.58. The normalized spacial score (nSPS) is 13.0. The minimum Gasteiger partial charge on any atom is -0.410 e. The van der Waals surface area contributed by atoms with Gasteiger partial charge in [-0.05, 0) is 17.9 Å². The number of hydrogen-bond acceptors (Lipinski definition) is 6. The summed E-state index contributed by atoms with van der Waals surface area (Å²) in [6.45, 7) is 3.76. The van der Waals surface area contributed by atoms with Crippen LogP contribution in [0.5, 0.6) is 0 Å². The van der Waals surface area contributed by atoms with Gasteiger partial charge in [0.15, 0.2) is 0 Å². The van der Waals surface area contributed by atoms with Crippen LogP contribution in [0.2, 0.25) is 0 Å². The van der Waals surface area contributed by atoms with Crippen LogP contribution in [0, 0.1) is 5.92 Å². The Labute approximate surface area is 141 Å². The Balaban J connectivity index is 2.03. The summed E-state index contributed by atoms with van der Waals surface area (Å²) in [5.74, 6) is -0.0892. The first-order chi connectivity index (χ1) is 11.3. The third-order valence-electron chi connectivity index (χ3n) is 3.47. The van der Waals surface area contributed by atoms with Crippen molar-refractivity contribution >= 4 is 15.7 Å². The van der Waals surface area contributed by atoms with Crippen LogP contribution in [0.3, 0.4) is 0 Å². The highest BCUT2D eigenvalue weighted by molar-refractivity contribution is 7.90. The van der Waals surface area contributed by atoms with Crippen LogP contribution in [0.1, 0.15) is 37.8 Å². The van der Waals surface area contributed by atoms with Crippen molar-refractivity contribution in [3.05, 3.63) is 41.8 Å². The minimum absolute atomic E-state index is 0.0291. The van der Waals surface area contributed by atoms with Crippen LogP contribution in [-0.2, 0) is 21.1 Å². The van der Waals surface area contributed by atoms with Gasteiger partial charge in [0.25, 0.3) is 0 Å². The van der Waals surface area contributed by atoms with E-state index in [1.165, 1.54) is 0 Å². The zero-order chi connectivity index (χ0) is 17.7. The number of nitrogens with zero attached hydrogens (tertiary/aromatic N) is 2. The Bertz CT molecular complexity index is 785. The zero-order valence-electron chi connectivity index (χ0n) is 13.9. The van der Waals surface area contributed by atoms with Gasteiger partial charge in [-0.2, -0.15) is 0 Å². The number of carbonyl (C=O) groups is 1. The molecule has 2 rings (SSSR count). The van der Waals surface area contributed by atoms with Crippen molar-refractivity contribution in [3.8, 4) is 0 Å². The van der Waals surface area contributed by atoms with E-state index >= 15 is 0 Å². The summed E-state index contributed by atoms with van der Waals surface area (Å²) in [6.07, 6.45) is 1.93. The van der Waals surface area contributed by atoms with E-state index in [9.17, 15) is 13.2 Å². The molecule has 0 radical (unpaired) electrons. The van der Waals surface area contributed by atoms with Crippen molar-refractivity contribution in [2.45, 2.75) is 38.0 Å². The molecule has 1 N–H and O–H groups in total. The van der Waals surface area contributed by atoms with Gasteiger partial charge in [-0.15, -0.1) is 5.10 Å². The average molecular weight is 351 g/mol. The number of rotatable bonds is 7. The van der Waals surface area contributed by atoms with E-state index in [0.717, 1.165) is 11.8 Å². The molecule has 1 amide bonds. The lowest BCUT2D eigenvalue weighted by Gasteiger charge is -2.18. The number of hydrogen-bond donors (Lipinski definition) is 1. The lowest BCUT2D eigenvalue weighted by molar-refractivity contribution is -0.122. The van der Waals surface area contributed by atoms with Gasteiger partial charge < -0.3 is 9.73 Å². The molecule has 8 heteroatoms. The summed E-state index contributed by atoms with van der Waals surface area (Å²) in [6, 6.07) is 9.17. The minimum atomic E-state index is -3.57. The Kier molecular flexibility index (Phi) is 5.71. The smallest absolute Gasteiger partial charge is 0.335 e. The molecule has 0 aliphatic heterocycles. The molecule has 0 spiro atoms. The molecule has 0 aliphatic carbocycles. The summed E-state index contributed by atoms with van der Waals surface area (Å²) in [5.41, 5.74) is 1.07. The van der Waals surface area contributed by atoms with Crippen molar-refractivity contribution in [2.24, 2.45) is 5.92 Å². The molecule has 0 unspecified atom stereocenters. The molecule has 2 aromatic rings. The topological polar surface area (TPSA) is 102 Å². The van der Waals surface area contributed by atoms with Crippen LogP contribution in [0.25, 0.3) is 0 Å². The van der Waals surface area contributed by atoms with Crippen molar-refractivity contribution in [2.75, 3.05) is 6.26 Å². The Morgan fingerprint density at radius 2 is 1.88 bits per heavy atom. The molecule has 7 nitrogen and oxygen atoms in total. The summed E-state index contributed by atoms with van der Waals surface area (Å²) in [4.78, 5) is 12.2. The van der Waals surface area contributed by atoms with Crippen LogP contribution in [-0.4, -0.2) is 30.8 Å². The first-order valence-electron chi connectivity index (χ1n) is 7.64. The molecule has 0 bridgehead atoms. The quantitative estimate of drug-likeness (QED) is 0.817. The van der Waals surface area contributed by atoms with Crippen LogP contribution in [0.15, 0.2) is 40.0 Å². The van der Waals surface area contributed by atoms with Crippen LogP contribution < -0.4 is 5.32 Å². The molecular formula is C16H21N3O4S. The fourth-order valence-electron chi connectivity index (χ4n) is 2.16. The molecule has 0 fully saturated rings. The van der Waals surface area contributed by atoms with Gasteiger partial charge in [-0.25, -0.2) is 8.42 Å². The van der Waals surface area contributed by atoms with Gasteiger partial charge in [0.2, 0.25) is 21.6 Å². The number of amides is 1. The van der Waals surface area contributed by atoms with Crippen molar-refractivity contribution in [1.82, 2.24) is 15.5 Å². The van der Waals surface area contributed by atoms with Gasteiger partial charge in [-0.1, -0.05) is 49.3 Å². The molecule has 0 saturated heterocycles. The summed E-state index contributed by atoms with van der Waals surface area (Å²) in [5, 5.41) is 9.70. The number of sulfone groups is 1. The maximum Gasteiger partial charge on any atom is 0.335 e. The van der Waals surface area contributed by atoms with Gasteiger partial charge in [0.1, 0.15) is 6.04 Å². The summed E-state index contributed by atoms with van der Waals surface area (Å²) >= 11 is 0. The highest BCUT2D eigenvalue weighted by atomic mass is 32.2. The predicted molar refractivity (Wildman–Crippen MR) is 87.9 cm³/mol. The van der Waals surface area contributed by atoms with E-state index in [4.69, 9.17) is 4.42 Å². The van der Waals surface area contributed by atoms with Crippen molar-refractivity contribution < 1.29 is 17.6 Å². The van der Waals surface area contributed by atoms with Gasteiger partial charge in [0, 0.05) is 12.7 Å². The van der Waals surface area contributed by atoms with Gasteiger partial charge >= 0.3 is 5.22 Å². The molecule has 1 aromatic heterocycles. The number of carbonyl (C=O) groups excluding carboxylic acids is 1. The molecule has 1 atom stereocenters. The second-order valence-electron chi connectivity index (χ2n) is 5.95. The largest absolute Gasteiger partial charge is 0.410 e. The SMILES string of the molecule is CC(C)[C@H](NC(=O)CCc1ccccc1)c1nnc(S(C)(=O)=O)o1. The fraction of sp³-hybridized carbons (Fsp3) is 0.438. The van der Waals surface area contributed by atoms with E-state index in [2.05, 4.69) is 15.5 Å². The predicted octanol–water partition coefficient (Wildman–Crippen LogP) is 1.92. The molecule has 130 valence electrons. The molecule has 0 saturated carbocycles. The molecule has 24 heavy (non-hydrogen) atoms. The Morgan fingerprint density at radius 1 is 1.21 bits per heavy atom. The molecular weight excluding hydrogens is 330 g/mol. The second kappa shape index (κ2) is 7.57. The third kappa shape index (κ3) is 4.89. The van der Waals surface area contributed by atoms with Gasteiger partial charge in [-0.3, -0.25) is 4.79 Å². The monoisotopic (exact) mass is 351 g/mol. The number of aromatic nitrogens is 2. The molecule has 1 aromatic carbocycles. The van der Waals surface area contributed by atoms with E-state index in [-0.39, 0.29) is 17.7 Å². The lowest BCUT2D eigenvalue weighted by Crippen LogP contribution is -2.32. The standard InChI is InChI=1S/C16H21N3O4S/c1-11(2)14(15-18-19-16(23-15)24(3,21)22)17-13(20)10-9-12-7-5-4-6-8-12/h4-8,11,14H,9-10H2,1-3H3,(H,17,20)/t14-/m0/s1. The third-order valence-corrected chi connectivity index (χ3v) is 4.27. The van der Waals surface area contributed by atoms with Crippen LogP contribution in [0.4, 0.5) is 0 Å². The van der Waals surface area contributed by atoms with E-state index in [1.807, 2.05) is 44.2 Å². The first kappa shape index (κ1) is 18.1. The Morgan fingerprint density at radius 3 is 2.42 bits per heavy atom. The van der Waals surface area contributed by atoms with Crippen molar-refractivity contribution in [1.29, 1.82) is 0 Å². The van der Waals surface area contributed by atoms with E-state index in [1.54, 1.807) is 0 Å². The lowest BCUT2D eigenvalue weighted by atomic mass is 10.0. The molecule has 0 aliphatic rings. The Hall–Kier alpha value is -2.22. The number of aryl methyl sites for hydroxylation is 1. The molecule has 1 heterocycles. The first-order valence-corrected chi connectivity index (χ1v) is 9.53. The highest BCUT2D eigenvalue weighted by Crippen LogP contribution is 2.22. The second-order valence-corrected chi connectivity index (χ2v) is 7.85. The number of benzene rings is 1. The maximum atomic E-state index is 12.2. The number of nitrogens with one attached hydrogen (secondary N) is 1. The highest BCUT2D eigenvalue weighted by Gasteiger charge is 2.26. The van der Waals surface area contributed by atoms with Gasteiger partial charge in [0.05, 0.1) is 0 Å². The van der Waals surface area contributed by atoms with Crippen molar-refractivity contribution in [3.63, 3.8) is 0 Å². The van der Waals surface area contributed by atoms with E-state index in [0.29, 0.717) is 12.8 Å². The maximum absolute atomic E-state index is 12.2. The van der Waals surface area contributed by atoms with E-state index < -0.39 is 21.1 Å². The van der Waals surface area contributed by atoms with Crippen LogP contribution >= 0.6 is 0 Å². The average Bonchev–Trinajstić information content (AvgIpc) is 3.01. The summed E-state index contributed by atoms with van der Waals surface area (Å²) in [7, 11) is -3.57. The summed E-state index contributed by atoms with van der Waals surface area (Å²) < 4.78 is 28.1.